The number of hydrogen-bond donors (Lipinski definition) is 0. The van der Waals surface area contributed by atoms with Crippen molar-refractivity contribution in [3.8, 4) is 44.5 Å². The molecule has 0 amide bonds. The van der Waals surface area contributed by atoms with Crippen molar-refractivity contribution in [2.24, 2.45) is 71.0 Å². The largest absolute Gasteiger partial charge is 0.456 e. The average Bonchev–Trinajstić information content (AvgIpc) is 1.48. The zero-order valence-electron chi connectivity index (χ0n) is 81.4. The van der Waals surface area contributed by atoms with Crippen molar-refractivity contribution in [2.45, 2.75) is 113 Å². The number of benzene rings is 18. The van der Waals surface area contributed by atoms with Gasteiger partial charge in [0, 0.05) is 159 Å². The lowest BCUT2D eigenvalue weighted by molar-refractivity contribution is -0.0399. The fourth-order valence-corrected chi connectivity index (χ4v) is 38.4. The molecule has 15 aliphatic carbocycles. The minimum atomic E-state index is 0.174. The van der Waals surface area contributed by atoms with Crippen LogP contribution in [-0.4, -0.2) is 0 Å². The van der Waals surface area contributed by atoms with E-state index in [4.69, 9.17) is 4.42 Å². The number of furan rings is 1. The molecule has 38 rings (SSSR count). The summed E-state index contributed by atoms with van der Waals surface area (Å²) in [5.74, 6) is 10.3. The minimum Gasteiger partial charge on any atom is -0.456 e. The standard InChI is InChI=1S/C46H35NOS.C46H35NS2.C46H37NS/c1-4-10-40-34(7-1)38-24-31(14-17-41(38)46(40)29-20-27-19-28(22-29)23-30(46)21-27)47(32-15-18-43-39(25-32)35-8-2-5-11-42(35)48-43)33-13-16-37-36-9-3-6-12-44(36)49-45(37)26-33;1-4-10-40-34(7-1)38-24-31(14-17-41(38)46(40)29-20-27-19-28(22-29)23-30(46)21-27)47(32-15-18-44-39(25-32)36-9-3-6-12-43(36)48-44)33-13-16-37-35-8-2-5-11-42(35)49-45(37)26-33;1-2-9-31(10-3-1)32-11-8-12-35(26-32)47(37-17-19-40-39-14-5-7-16-44(39)48-45(40)28-37)36-18-20-43-41(27-36)38-13-4-6-15-42(38)46(43)33-22-29-21-30(24-33)25-34(46)23-29/h2*1-18,24-30H,19-23H2;1-20,26-30,33-34H,21-25H2. The van der Waals surface area contributed by atoms with E-state index in [1.807, 2.05) is 45.3 Å². The van der Waals surface area contributed by atoms with Gasteiger partial charge in [0.05, 0.1) is 0 Å². The molecule has 12 bridgehead atoms. The summed E-state index contributed by atoms with van der Waals surface area (Å²) in [6.07, 6.45) is 21.4. The van der Waals surface area contributed by atoms with Gasteiger partial charge in [-0.3, -0.25) is 0 Å². The van der Waals surface area contributed by atoms with E-state index in [1.165, 1.54) is 267 Å². The Morgan fingerprint density at radius 2 is 0.445 bits per heavy atom. The highest BCUT2D eigenvalue weighted by atomic mass is 32.1. The summed E-state index contributed by atoms with van der Waals surface area (Å²) >= 11 is 7.58. The van der Waals surface area contributed by atoms with Gasteiger partial charge in [-0.25, -0.2) is 0 Å². The summed E-state index contributed by atoms with van der Waals surface area (Å²) in [7, 11) is 0. The quantitative estimate of drug-likeness (QED) is 0.136. The monoisotopic (exact) mass is 1950 g/mol. The Hall–Kier alpha value is -14.0. The van der Waals surface area contributed by atoms with Crippen LogP contribution < -0.4 is 14.7 Å². The summed E-state index contributed by atoms with van der Waals surface area (Å²) in [6.45, 7) is 0. The molecule has 15 aliphatic rings. The minimum absolute atomic E-state index is 0.174. The normalized spacial score (nSPS) is 24.8. The topological polar surface area (TPSA) is 22.9 Å². The molecule has 146 heavy (non-hydrogen) atoms. The lowest BCUT2D eigenvalue weighted by Crippen LogP contribution is -2.55. The van der Waals surface area contributed by atoms with E-state index in [2.05, 4.69) is 409 Å². The van der Waals surface area contributed by atoms with Crippen LogP contribution in [0.2, 0.25) is 0 Å². The molecule has 0 unspecified atom stereocenters. The molecule has 0 saturated heterocycles. The lowest BCUT2D eigenvalue weighted by atomic mass is 9.43. The molecule has 0 atom stereocenters. The fraction of sp³-hybridized carbons (Fsp3) is 0.217. The third kappa shape index (κ3) is 12.3. The Balaban J connectivity index is 0.0000000958. The molecular weight excluding hydrogens is 1840 g/mol. The third-order valence-corrected chi connectivity index (χ3v) is 43.3. The predicted octanol–water partition coefficient (Wildman–Crippen LogP) is 39.7. The number of para-hydroxylation sites is 1. The Kier molecular flexibility index (Phi) is 18.5. The summed E-state index contributed by atoms with van der Waals surface area (Å²) in [5.41, 5.74) is 34.2. The Bertz CT molecular complexity index is 8950. The molecule has 3 spiro atoms. The first-order chi connectivity index (χ1) is 72.2. The Morgan fingerprint density at radius 3 is 0.856 bits per heavy atom. The SMILES string of the molecule is c1ccc(-c2cccc(N(c3ccc4c(c3)-c3ccccc3C43C4CC5CC(C4)CC3C5)c3ccc4c(c3)sc3ccccc34)c2)cc1.c1ccc2c(c1)-c1cc(N(c3ccc4c(c3)sc3ccccc34)c3ccc4oc5ccccc5c4c3)ccc1C21C2CC3CC(C2)CC1C3.c1ccc2c(c1)-c1cc(N(c3ccc4c(c3)sc3ccccc34)c3ccc4sc5ccccc5c4c3)ccc1C21C2CC3CC(C2)CC1C3. The molecule has 8 heteroatoms. The van der Waals surface area contributed by atoms with Crippen LogP contribution in [0.5, 0.6) is 0 Å². The molecule has 4 nitrogen and oxygen atoms in total. The van der Waals surface area contributed by atoms with E-state index in [1.54, 1.807) is 33.4 Å². The highest BCUT2D eigenvalue weighted by Gasteiger charge is 2.65. The fourth-order valence-electron chi connectivity index (χ4n) is 33.9. The van der Waals surface area contributed by atoms with Crippen LogP contribution >= 0.6 is 45.3 Å². The van der Waals surface area contributed by atoms with Gasteiger partial charge in [0.15, 0.2) is 0 Å². The number of anilines is 9. The van der Waals surface area contributed by atoms with Crippen molar-refractivity contribution >= 4 is 199 Å². The number of hydrogen-bond acceptors (Lipinski definition) is 8. The number of nitrogens with zero attached hydrogens (tertiary/aromatic N) is 3. The molecule has 704 valence electrons. The highest BCUT2D eigenvalue weighted by molar-refractivity contribution is 7.27. The van der Waals surface area contributed by atoms with Crippen LogP contribution in [-0.2, 0) is 16.2 Å². The maximum atomic E-state index is 6.28. The predicted molar refractivity (Wildman–Crippen MR) is 617 cm³/mol. The molecule has 5 aromatic heterocycles. The van der Waals surface area contributed by atoms with Crippen LogP contribution in [0.4, 0.5) is 51.2 Å². The van der Waals surface area contributed by atoms with Gasteiger partial charge in [0.2, 0.25) is 0 Å². The average molecular weight is 1950 g/mol. The molecule has 12 saturated carbocycles. The Labute approximate surface area is 866 Å². The van der Waals surface area contributed by atoms with Crippen molar-refractivity contribution in [1.29, 1.82) is 0 Å². The first-order valence-corrected chi connectivity index (χ1v) is 57.3. The molecule has 5 heterocycles. The maximum absolute atomic E-state index is 6.28. The van der Waals surface area contributed by atoms with E-state index in [9.17, 15) is 0 Å². The summed E-state index contributed by atoms with van der Waals surface area (Å²) in [4.78, 5) is 7.51. The lowest BCUT2D eigenvalue weighted by Gasteiger charge is -2.61. The van der Waals surface area contributed by atoms with E-state index in [0.717, 1.165) is 98.6 Å². The van der Waals surface area contributed by atoms with Gasteiger partial charge in [0.1, 0.15) is 11.2 Å². The van der Waals surface area contributed by atoms with Crippen molar-refractivity contribution < 1.29 is 4.42 Å². The number of thiophene rings is 4. The van der Waals surface area contributed by atoms with E-state index < -0.39 is 0 Å². The molecular formula is C138H107N3OS4. The van der Waals surface area contributed by atoms with Crippen LogP contribution in [0.1, 0.15) is 130 Å². The molecule has 0 aliphatic heterocycles. The van der Waals surface area contributed by atoms with Crippen LogP contribution in [0, 0.1) is 71.0 Å². The highest BCUT2D eigenvalue weighted by Crippen LogP contribution is 2.74. The van der Waals surface area contributed by atoms with E-state index in [-0.39, 0.29) is 16.2 Å². The van der Waals surface area contributed by atoms with Gasteiger partial charge in [-0.05, 0) is 397 Å². The second-order valence-corrected chi connectivity index (χ2v) is 50.0. The molecule has 0 N–H and O–H groups in total. The smallest absolute Gasteiger partial charge is 0.135 e. The summed E-state index contributed by atoms with van der Waals surface area (Å²) < 4.78 is 17.0. The van der Waals surface area contributed by atoms with Gasteiger partial charge in [-0.1, -0.05) is 243 Å². The Morgan fingerprint density at radius 1 is 0.171 bits per heavy atom. The van der Waals surface area contributed by atoms with Gasteiger partial charge in [0.25, 0.3) is 0 Å². The van der Waals surface area contributed by atoms with Crippen molar-refractivity contribution in [1.82, 2.24) is 0 Å². The molecule has 18 aromatic carbocycles. The second kappa shape index (κ2) is 32.0. The van der Waals surface area contributed by atoms with Crippen LogP contribution in [0.25, 0.3) is 147 Å². The van der Waals surface area contributed by atoms with Crippen molar-refractivity contribution in [3.05, 3.63) is 428 Å². The molecule has 0 radical (unpaired) electrons. The first-order valence-electron chi connectivity index (χ1n) is 54.0. The van der Waals surface area contributed by atoms with E-state index >= 15 is 0 Å². The van der Waals surface area contributed by atoms with Gasteiger partial charge in [-0.2, -0.15) is 0 Å². The zero-order valence-corrected chi connectivity index (χ0v) is 84.7. The number of fused-ring (bicyclic) bond motifs is 24. The van der Waals surface area contributed by atoms with Crippen LogP contribution in [0.3, 0.4) is 0 Å². The molecule has 23 aromatic rings. The van der Waals surface area contributed by atoms with E-state index in [0.29, 0.717) is 0 Å². The third-order valence-electron chi connectivity index (χ3n) is 38.7. The summed E-state index contributed by atoms with van der Waals surface area (Å²) in [5, 5.41) is 13.0. The van der Waals surface area contributed by atoms with Crippen molar-refractivity contribution in [2.75, 3.05) is 14.7 Å². The second-order valence-electron chi connectivity index (χ2n) is 45.7. The van der Waals surface area contributed by atoms with Gasteiger partial charge < -0.3 is 19.1 Å². The van der Waals surface area contributed by atoms with Crippen LogP contribution in [0.15, 0.2) is 399 Å². The van der Waals surface area contributed by atoms with Gasteiger partial charge in [-0.15, -0.1) is 45.3 Å². The molecule has 12 fully saturated rings. The van der Waals surface area contributed by atoms with Gasteiger partial charge >= 0.3 is 0 Å². The zero-order chi connectivity index (χ0) is 95.1. The number of rotatable bonds is 10. The van der Waals surface area contributed by atoms with Crippen molar-refractivity contribution in [3.63, 3.8) is 0 Å². The first kappa shape index (κ1) is 84.3. The summed E-state index contributed by atoms with van der Waals surface area (Å²) in [6, 6.07) is 150. The maximum Gasteiger partial charge on any atom is 0.135 e.